The number of anilines is 1. The standard InChI is InChI=1S/C45H51Cl2N7O4/c1-25-20-31(21-26(2)39(25)47)58-19-9-10-32-33-12-13-35(46)38(37-28(4)48-51(8)29(37)5)40(33)54-27(3)23-53(44(55)42(32)54)41-34-22-30(24-52-17-15-49(6)16-18-52)11-14-36(34)50(7)43(41)45(56)57/h11-14,20-22,27H,9-10,15-19,23-24H2,1-8H3,(H,56,57)/t27-/m1/s1. The number of carbonyl (C=O) groups excluding carboxylic acids is 1. The summed E-state index contributed by atoms with van der Waals surface area (Å²) in [6, 6.07) is 13.7. The highest BCUT2D eigenvalue weighted by molar-refractivity contribution is 6.35. The molecule has 1 amide bonds. The van der Waals surface area contributed by atoms with Gasteiger partial charge in [-0.1, -0.05) is 35.3 Å². The van der Waals surface area contributed by atoms with Crippen LogP contribution in [0.4, 0.5) is 5.69 Å². The number of rotatable bonds is 10. The normalized spacial score (nSPS) is 16.6. The Morgan fingerprint density at radius 3 is 2.29 bits per heavy atom. The van der Waals surface area contributed by atoms with E-state index in [1.165, 1.54) is 0 Å². The van der Waals surface area contributed by atoms with Gasteiger partial charge in [-0.3, -0.25) is 14.4 Å². The number of piperazine rings is 1. The molecule has 1 fully saturated rings. The molecular formula is C45H51Cl2N7O4. The summed E-state index contributed by atoms with van der Waals surface area (Å²) in [6.45, 7) is 15.4. The lowest BCUT2D eigenvalue weighted by atomic mass is 9.98. The zero-order valence-corrected chi connectivity index (χ0v) is 36.1. The van der Waals surface area contributed by atoms with E-state index >= 15 is 4.79 Å². The van der Waals surface area contributed by atoms with E-state index in [-0.39, 0.29) is 24.2 Å². The highest BCUT2D eigenvalue weighted by Crippen LogP contribution is 2.46. The van der Waals surface area contributed by atoms with Gasteiger partial charge in [0, 0.05) is 92.0 Å². The van der Waals surface area contributed by atoms with Gasteiger partial charge in [-0.2, -0.15) is 5.10 Å². The second-order valence-electron chi connectivity index (χ2n) is 16.3. The largest absolute Gasteiger partial charge is 0.494 e. The number of carboxylic acids is 1. The summed E-state index contributed by atoms with van der Waals surface area (Å²) in [5.74, 6) is -0.572. The molecule has 6 aromatic rings. The fourth-order valence-corrected chi connectivity index (χ4v) is 9.63. The predicted molar refractivity (Wildman–Crippen MR) is 232 cm³/mol. The molecule has 8 rings (SSSR count). The number of amides is 1. The van der Waals surface area contributed by atoms with Gasteiger partial charge in [0.05, 0.1) is 34.0 Å². The van der Waals surface area contributed by atoms with E-state index < -0.39 is 5.97 Å². The van der Waals surface area contributed by atoms with Gasteiger partial charge < -0.3 is 28.8 Å². The molecule has 0 radical (unpaired) electrons. The van der Waals surface area contributed by atoms with Crippen LogP contribution in [0.2, 0.25) is 10.0 Å². The first kappa shape index (κ1) is 40.0. The molecule has 3 aromatic heterocycles. The number of aryl methyl sites for hydroxylation is 6. The lowest BCUT2D eigenvalue weighted by Crippen LogP contribution is -2.44. The number of benzene rings is 3. The Bertz CT molecular complexity index is 2610. The van der Waals surface area contributed by atoms with Gasteiger partial charge in [-0.15, -0.1) is 0 Å². The van der Waals surface area contributed by atoms with Crippen LogP contribution in [-0.2, 0) is 27.1 Å². The zero-order valence-electron chi connectivity index (χ0n) is 34.5. The molecule has 304 valence electrons. The summed E-state index contributed by atoms with van der Waals surface area (Å²) in [4.78, 5) is 35.1. The van der Waals surface area contributed by atoms with Crippen LogP contribution >= 0.6 is 23.2 Å². The van der Waals surface area contributed by atoms with Crippen LogP contribution in [0.5, 0.6) is 5.75 Å². The zero-order chi connectivity index (χ0) is 41.3. The molecule has 11 nitrogen and oxygen atoms in total. The molecule has 0 bridgehead atoms. The van der Waals surface area contributed by atoms with Crippen molar-refractivity contribution >= 4 is 62.6 Å². The molecule has 5 heterocycles. The molecule has 3 aromatic carbocycles. The molecule has 1 atom stereocenters. The summed E-state index contributed by atoms with van der Waals surface area (Å²) < 4.78 is 12.0. The molecule has 2 aliphatic heterocycles. The summed E-state index contributed by atoms with van der Waals surface area (Å²) in [5, 5.41) is 18.5. The number of aromatic carboxylic acids is 1. The van der Waals surface area contributed by atoms with Crippen LogP contribution < -0.4 is 9.64 Å². The van der Waals surface area contributed by atoms with E-state index in [1.807, 2.05) is 69.8 Å². The topological polar surface area (TPSA) is 101 Å². The lowest BCUT2D eigenvalue weighted by Gasteiger charge is -2.34. The number of ether oxygens (including phenoxy) is 1. The first-order valence-corrected chi connectivity index (χ1v) is 20.7. The van der Waals surface area contributed by atoms with E-state index in [0.29, 0.717) is 35.9 Å². The summed E-state index contributed by atoms with van der Waals surface area (Å²) in [7, 11) is 5.83. The van der Waals surface area contributed by atoms with Crippen LogP contribution in [0.3, 0.4) is 0 Å². The number of aromatic nitrogens is 4. The van der Waals surface area contributed by atoms with Crippen molar-refractivity contribution in [3.63, 3.8) is 0 Å². The van der Waals surface area contributed by atoms with Crippen molar-refractivity contribution in [2.24, 2.45) is 14.1 Å². The first-order valence-electron chi connectivity index (χ1n) is 20.0. The third-order valence-electron chi connectivity index (χ3n) is 12.3. The fraction of sp³-hybridized carbons (Fsp3) is 0.400. The van der Waals surface area contributed by atoms with Gasteiger partial charge in [0.1, 0.15) is 11.4 Å². The van der Waals surface area contributed by atoms with Gasteiger partial charge in [0.2, 0.25) is 0 Å². The highest BCUT2D eigenvalue weighted by Gasteiger charge is 2.40. The number of halogens is 2. The summed E-state index contributed by atoms with van der Waals surface area (Å²) in [6.07, 6.45) is 1.17. The molecule has 0 spiro atoms. The maximum Gasteiger partial charge on any atom is 0.354 e. The maximum atomic E-state index is 15.4. The van der Waals surface area contributed by atoms with Crippen molar-refractivity contribution in [2.45, 2.75) is 60.0 Å². The minimum Gasteiger partial charge on any atom is -0.494 e. The van der Waals surface area contributed by atoms with Crippen LogP contribution in [-0.4, -0.2) is 92.1 Å². The molecule has 58 heavy (non-hydrogen) atoms. The van der Waals surface area contributed by atoms with Crippen LogP contribution in [0.25, 0.3) is 32.9 Å². The van der Waals surface area contributed by atoms with Crippen molar-refractivity contribution in [3.05, 3.63) is 97.5 Å². The monoisotopic (exact) mass is 823 g/mol. The van der Waals surface area contributed by atoms with Crippen molar-refractivity contribution in [1.29, 1.82) is 0 Å². The number of likely N-dealkylation sites (N-methyl/N-ethyl adjacent to an activating group) is 1. The van der Waals surface area contributed by atoms with E-state index in [4.69, 9.17) is 33.0 Å². The molecule has 13 heteroatoms. The minimum atomic E-state index is -1.08. The van der Waals surface area contributed by atoms with Crippen molar-refractivity contribution < 1.29 is 19.4 Å². The second kappa shape index (κ2) is 15.4. The average molecular weight is 825 g/mol. The van der Waals surface area contributed by atoms with Gasteiger partial charge in [0.15, 0.2) is 5.69 Å². The third kappa shape index (κ3) is 6.75. The highest BCUT2D eigenvalue weighted by atomic mass is 35.5. The van der Waals surface area contributed by atoms with E-state index in [1.54, 1.807) is 16.5 Å². The Balaban J connectivity index is 1.26. The molecule has 0 saturated carbocycles. The molecular weight excluding hydrogens is 773 g/mol. The van der Waals surface area contributed by atoms with E-state index in [0.717, 1.165) is 110 Å². The Hall–Kier alpha value is -4.81. The number of nitrogens with zero attached hydrogens (tertiary/aromatic N) is 7. The van der Waals surface area contributed by atoms with Gasteiger partial charge in [-0.25, -0.2) is 4.79 Å². The quantitative estimate of drug-likeness (QED) is 0.138. The SMILES string of the molecule is Cc1cc(OCCCc2c3n(c4c(-c5c(C)nn(C)c5C)c(Cl)ccc24)[C@H](C)CN(c2c(C(=O)O)n(C)c4ccc(CN5CCN(C)CC5)cc24)C3=O)cc(C)c1Cl. The van der Waals surface area contributed by atoms with Crippen LogP contribution in [0.1, 0.15) is 74.0 Å². The number of carbonyl (C=O) groups is 2. The lowest BCUT2D eigenvalue weighted by molar-refractivity contribution is 0.0687. The van der Waals surface area contributed by atoms with Crippen molar-refractivity contribution in [3.8, 4) is 16.9 Å². The van der Waals surface area contributed by atoms with E-state index in [9.17, 15) is 9.90 Å². The molecule has 1 saturated heterocycles. The summed E-state index contributed by atoms with van der Waals surface area (Å²) in [5.41, 5.74) is 10.2. The van der Waals surface area contributed by atoms with Gasteiger partial charge >= 0.3 is 5.97 Å². The Morgan fingerprint density at radius 1 is 0.931 bits per heavy atom. The summed E-state index contributed by atoms with van der Waals surface area (Å²) >= 11 is 13.6. The second-order valence-corrected chi connectivity index (χ2v) is 17.1. The Morgan fingerprint density at radius 2 is 1.64 bits per heavy atom. The smallest absolute Gasteiger partial charge is 0.354 e. The molecule has 0 unspecified atom stereocenters. The van der Waals surface area contributed by atoms with Gasteiger partial charge in [0.25, 0.3) is 5.91 Å². The molecule has 0 aliphatic carbocycles. The number of carboxylic acid groups (broad SMARTS) is 1. The number of hydrogen-bond donors (Lipinski definition) is 1. The third-order valence-corrected chi connectivity index (χ3v) is 13.2. The number of hydrogen-bond acceptors (Lipinski definition) is 6. The first-order chi connectivity index (χ1) is 27.7. The minimum absolute atomic E-state index is 0.0886. The predicted octanol–water partition coefficient (Wildman–Crippen LogP) is 8.75. The van der Waals surface area contributed by atoms with Crippen LogP contribution in [0, 0.1) is 27.7 Å². The average Bonchev–Trinajstić information content (AvgIpc) is 3.76. The van der Waals surface area contributed by atoms with Crippen molar-refractivity contribution in [1.82, 2.24) is 28.7 Å². The van der Waals surface area contributed by atoms with Crippen molar-refractivity contribution in [2.75, 3.05) is 51.3 Å². The van der Waals surface area contributed by atoms with E-state index in [2.05, 4.69) is 40.5 Å². The fourth-order valence-electron chi connectivity index (χ4n) is 9.27. The molecule has 2 aliphatic rings. The number of fused-ring (bicyclic) bond motifs is 4. The van der Waals surface area contributed by atoms with Gasteiger partial charge in [-0.05, 0) is 107 Å². The maximum absolute atomic E-state index is 15.4. The van der Waals surface area contributed by atoms with Crippen LogP contribution in [0.15, 0.2) is 42.5 Å². The Kier molecular flexibility index (Phi) is 10.6. The molecule has 1 N–H and O–H groups in total. The Labute approximate surface area is 349 Å².